The molecule has 11 nitrogen and oxygen atoms in total. The van der Waals surface area contributed by atoms with Crippen LogP contribution in [0.3, 0.4) is 0 Å². The summed E-state index contributed by atoms with van der Waals surface area (Å²) in [5.74, 6) is -2.98. The van der Waals surface area contributed by atoms with Crippen LogP contribution in [0.4, 0.5) is 0 Å². The summed E-state index contributed by atoms with van der Waals surface area (Å²) in [6, 6.07) is 6.85. The number of amides is 3. The number of imidazole rings is 1. The second-order valence-corrected chi connectivity index (χ2v) is 6.53. The number of carboxylic acids is 1. The van der Waals surface area contributed by atoms with Crippen LogP contribution >= 0.6 is 0 Å². The third-order valence-corrected chi connectivity index (χ3v) is 4.12. The Balaban J connectivity index is 1.70. The predicted molar refractivity (Wildman–Crippen MR) is 106 cm³/mol. The second-order valence-electron chi connectivity index (χ2n) is 6.53. The molecule has 11 heteroatoms. The number of carboxylic acid groups (broad SMARTS) is 1. The second kappa shape index (κ2) is 11.3. The lowest BCUT2D eigenvalue weighted by Crippen LogP contribution is -2.49. The summed E-state index contributed by atoms with van der Waals surface area (Å²) in [4.78, 5) is 53.7. The van der Waals surface area contributed by atoms with Gasteiger partial charge in [-0.3, -0.25) is 14.4 Å². The zero-order valence-electron chi connectivity index (χ0n) is 16.1. The van der Waals surface area contributed by atoms with Gasteiger partial charge in [0, 0.05) is 24.7 Å². The highest BCUT2D eigenvalue weighted by atomic mass is 16.4. The van der Waals surface area contributed by atoms with Gasteiger partial charge in [0.2, 0.25) is 17.7 Å². The monoisotopic (exact) mass is 416 g/mol. The van der Waals surface area contributed by atoms with E-state index >= 15 is 0 Å². The summed E-state index contributed by atoms with van der Waals surface area (Å²) < 4.78 is 0. The molecule has 160 valence electrons. The van der Waals surface area contributed by atoms with Crippen LogP contribution in [0, 0.1) is 0 Å². The van der Waals surface area contributed by atoms with Crippen molar-refractivity contribution in [2.75, 3.05) is 13.1 Å². The molecule has 2 unspecified atom stereocenters. The molecule has 0 spiro atoms. The topological polar surface area (TPSA) is 179 Å². The van der Waals surface area contributed by atoms with Crippen LogP contribution in [0.15, 0.2) is 42.9 Å². The minimum absolute atomic E-state index is 0.111. The fourth-order valence-corrected chi connectivity index (χ4v) is 2.56. The fourth-order valence-electron chi connectivity index (χ4n) is 2.56. The average molecular weight is 416 g/mol. The molecule has 2 aromatic rings. The van der Waals surface area contributed by atoms with E-state index in [1.54, 1.807) is 36.5 Å². The van der Waals surface area contributed by atoms with Crippen LogP contribution in [0.1, 0.15) is 11.3 Å². The number of benzene rings is 1. The number of nitrogens with zero attached hydrogens (tertiary/aromatic N) is 1. The van der Waals surface area contributed by atoms with Gasteiger partial charge in [-0.05, 0) is 5.56 Å². The lowest BCUT2D eigenvalue weighted by Gasteiger charge is -2.15. The van der Waals surface area contributed by atoms with Gasteiger partial charge in [0.05, 0.1) is 25.5 Å². The Bertz CT molecular complexity index is 856. The van der Waals surface area contributed by atoms with Gasteiger partial charge in [0.15, 0.2) is 0 Å². The van der Waals surface area contributed by atoms with Crippen molar-refractivity contribution < 1.29 is 24.3 Å². The van der Waals surface area contributed by atoms with E-state index in [0.717, 1.165) is 5.56 Å². The van der Waals surface area contributed by atoms with Gasteiger partial charge in [-0.15, -0.1) is 0 Å². The number of rotatable bonds is 11. The maximum Gasteiger partial charge on any atom is 0.326 e. The van der Waals surface area contributed by atoms with E-state index in [0.29, 0.717) is 5.69 Å². The highest BCUT2D eigenvalue weighted by Gasteiger charge is 2.21. The van der Waals surface area contributed by atoms with E-state index < -0.39 is 42.3 Å². The number of nitrogens with two attached hydrogens (primary N) is 1. The number of hydrogen-bond donors (Lipinski definition) is 6. The Hall–Kier alpha value is -3.73. The maximum absolute atomic E-state index is 12.0. The molecule has 3 amide bonds. The molecule has 0 aliphatic carbocycles. The van der Waals surface area contributed by atoms with Crippen LogP contribution in [0.2, 0.25) is 0 Å². The number of carbonyl (C=O) groups excluding carboxylic acids is 3. The number of hydrogen-bond acceptors (Lipinski definition) is 6. The molecule has 7 N–H and O–H groups in total. The Morgan fingerprint density at radius 2 is 1.73 bits per heavy atom. The number of nitrogens with one attached hydrogen (secondary N) is 4. The van der Waals surface area contributed by atoms with Crippen molar-refractivity contribution in [1.29, 1.82) is 0 Å². The van der Waals surface area contributed by atoms with Crippen LogP contribution in [0.5, 0.6) is 0 Å². The van der Waals surface area contributed by atoms with Crippen LogP contribution in [-0.2, 0) is 32.0 Å². The summed E-state index contributed by atoms with van der Waals surface area (Å²) in [5.41, 5.74) is 7.19. The van der Waals surface area contributed by atoms with Crippen LogP contribution in [-0.4, -0.2) is 63.9 Å². The van der Waals surface area contributed by atoms with Crippen LogP contribution in [0.25, 0.3) is 0 Å². The molecule has 1 aromatic carbocycles. The minimum atomic E-state index is -1.18. The van der Waals surface area contributed by atoms with E-state index in [-0.39, 0.29) is 19.4 Å². The number of carbonyl (C=O) groups is 4. The number of aromatic amines is 1. The molecule has 30 heavy (non-hydrogen) atoms. The molecule has 0 fully saturated rings. The van der Waals surface area contributed by atoms with Crippen molar-refractivity contribution in [2.45, 2.75) is 24.9 Å². The summed E-state index contributed by atoms with van der Waals surface area (Å²) in [7, 11) is 0. The van der Waals surface area contributed by atoms with Gasteiger partial charge in [0.25, 0.3) is 0 Å². The fraction of sp³-hybridized carbons (Fsp3) is 0.316. The average Bonchev–Trinajstić information content (AvgIpc) is 3.23. The van der Waals surface area contributed by atoms with Crippen molar-refractivity contribution in [3.05, 3.63) is 54.1 Å². The standard InChI is InChI=1S/C19H24N6O5/c20-14(7-13-8-21-11-24-13)18(28)23-9-16(26)22-10-17(27)25-15(19(29)30)6-12-4-2-1-3-5-12/h1-5,8,11,14-15H,6-7,9-10,20H2,(H,21,24)(H,22,26)(H,23,28)(H,25,27)(H,29,30). The first-order valence-electron chi connectivity index (χ1n) is 9.18. The van der Waals surface area contributed by atoms with Gasteiger partial charge in [-0.25, -0.2) is 9.78 Å². The number of aromatic nitrogens is 2. The molecule has 2 rings (SSSR count). The zero-order chi connectivity index (χ0) is 21.9. The Morgan fingerprint density at radius 3 is 2.37 bits per heavy atom. The Labute approximate surface area is 172 Å². The van der Waals surface area contributed by atoms with E-state index in [1.807, 2.05) is 0 Å². The Kier molecular flexibility index (Phi) is 8.51. The molecule has 2 atom stereocenters. The van der Waals surface area contributed by atoms with Gasteiger partial charge >= 0.3 is 5.97 Å². The largest absolute Gasteiger partial charge is 0.480 e. The van der Waals surface area contributed by atoms with Gasteiger partial charge < -0.3 is 31.8 Å². The summed E-state index contributed by atoms with van der Waals surface area (Å²) in [6.07, 6.45) is 3.35. The van der Waals surface area contributed by atoms with Gasteiger partial charge in [-0.2, -0.15) is 0 Å². The third kappa shape index (κ3) is 7.72. The molecule has 0 bridgehead atoms. The predicted octanol–water partition coefficient (Wildman–Crippen LogP) is -1.68. The third-order valence-electron chi connectivity index (χ3n) is 4.12. The van der Waals surface area contributed by atoms with E-state index in [4.69, 9.17) is 5.73 Å². The molecule has 0 aliphatic heterocycles. The van der Waals surface area contributed by atoms with Crippen molar-refractivity contribution in [3.63, 3.8) is 0 Å². The van der Waals surface area contributed by atoms with E-state index in [2.05, 4.69) is 25.9 Å². The van der Waals surface area contributed by atoms with Crippen LogP contribution < -0.4 is 21.7 Å². The van der Waals surface area contributed by atoms with Crippen molar-refractivity contribution in [2.24, 2.45) is 5.73 Å². The lowest BCUT2D eigenvalue weighted by molar-refractivity contribution is -0.141. The van der Waals surface area contributed by atoms with E-state index in [9.17, 15) is 24.3 Å². The van der Waals surface area contributed by atoms with Crippen molar-refractivity contribution in [1.82, 2.24) is 25.9 Å². The maximum atomic E-state index is 12.0. The minimum Gasteiger partial charge on any atom is -0.480 e. The molecule has 1 heterocycles. The highest BCUT2D eigenvalue weighted by Crippen LogP contribution is 2.03. The first-order valence-corrected chi connectivity index (χ1v) is 9.18. The number of aliphatic carboxylic acids is 1. The summed E-state index contributed by atoms with van der Waals surface area (Å²) in [5, 5.41) is 16.3. The quantitative estimate of drug-likeness (QED) is 0.253. The molecular formula is C19H24N6O5. The highest BCUT2D eigenvalue weighted by molar-refractivity contribution is 5.90. The molecule has 0 saturated carbocycles. The molecule has 1 aromatic heterocycles. The normalized spacial score (nSPS) is 12.4. The summed E-state index contributed by atoms with van der Waals surface area (Å²) >= 11 is 0. The molecule has 0 aliphatic rings. The first kappa shape index (κ1) is 22.6. The van der Waals surface area contributed by atoms with E-state index in [1.165, 1.54) is 6.33 Å². The number of H-pyrrole nitrogens is 1. The molecular weight excluding hydrogens is 392 g/mol. The molecule has 0 saturated heterocycles. The lowest BCUT2D eigenvalue weighted by atomic mass is 10.1. The summed E-state index contributed by atoms with van der Waals surface area (Å²) in [6.45, 7) is -0.789. The van der Waals surface area contributed by atoms with Crippen molar-refractivity contribution in [3.8, 4) is 0 Å². The zero-order valence-corrected chi connectivity index (χ0v) is 16.1. The van der Waals surface area contributed by atoms with Gasteiger partial charge in [0.1, 0.15) is 6.04 Å². The molecule has 0 radical (unpaired) electrons. The van der Waals surface area contributed by atoms with Crippen molar-refractivity contribution >= 4 is 23.7 Å². The first-order chi connectivity index (χ1) is 14.3. The smallest absolute Gasteiger partial charge is 0.326 e. The Morgan fingerprint density at radius 1 is 1.03 bits per heavy atom. The SMILES string of the molecule is NC(Cc1cnc[nH]1)C(=O)NCC(=O)NCC(=O)NC(Cc1ccccc1)C(=O)O. The van der Waals surface area contributed by atoms with Gasteiger partial charge in [-0.1, -0.05) is 30.3 Å².